The van der Waals surface area contributed by atoms with Crippen molar-refractivity contribution in [1.82, 2.24) is 4.90 Å². The SMILES string of the molecule is COC(=O)[C@]1(C)CN(C(=O)OC(C)(C)C)CC/C1=C/F. The quantitative estimate of drug-likeness (QED) is 0.696. The first-order valence-electron chi connectivity index (χ1n) is 6.50. The van der Waals surface area contributed by atoms with Crippen molar-refractivity contribution in [1.29, 1.82) is 0 Å². The average molecular weight is 287 g/mol. The molecule has 1 aliphatic rings. The van der Waals surface area contributed by atoms with E-state index in [0.717, 1.165) is 0 Å². The molecule has 0 spiro atoms. The summed E-state index contributed by atoms with van der Waals surface area (Å²) in [7, 11) is 1.25. The summed E-state index contributed by atoms with van der Waals surface area (Å²) in [5.74, 6) is -0.561. The van der Waals surface area contributed by atoms with Gasteiger partial charge in [0, 0.05) is 13.1 Å². The Bertz CT molecular complexity index is 427. The molecule has 1 saturated heterocycles. The van der Waals surface area contributed by atoms with E-state index < -0.39 is 23.1 Å². The minimum Gasteiger partial charge on any atom is -0.468 e. The molecular weight excluding hydrogens is 265 g/mol. The van der Waals surface area contributed by atoms with E-state index in [4.69, 9.17) is 9.47 Å². The van der Waals surface area contributed by atoms with Crippen LogP contribution in [0.15, 0.2) is 11.9 Å². The molecule has 1 rings (SSSR count). The van der Waals surface area contributed by atoms with Gasteiger partial charge < -0.3 is 14.4 Å². The second-order valence-electron chi connectivity index (χ2n) is 6.11. The van der Waals surface area contributed by atoms with Gasteiger partial charge in [0.1, 0.15) is 11.0 Å². The Balaban J connectivity index is 2.92. The highest BCUT2D eigenvalue weighted by Gasteiger charge is 2.45. The zero-order chi connectivity index (χ0) is 15.6. The standard InChI is InChI=1S/C14H22FNO4/c1-13(2,3)20-12(18)16-7-6-10(8-15)14(4,9-16)11(17)19-5/h8H,6-7,9H2,1-5H3/b10-8-/t14-/m1/s1. The number of methoxy groups -OCH3 is 1. The third-order valence-corrected chi connectivity index (χ3v) is 3.29. The molecule has 0 unspecified atom stereocenters. The predicted octanol–water partition coefficient (Wildman–Crippen LogP) is 2.66. The van der Waals surface area contributed by atoms with Crippen LogP contribution in [-0.2, 0) is 14.3 Å². The number of carbonyl (C=O) groups excluding carboxylic acids is 2. The first-order chi connectivity index (χ1) is 9.14. The summed E-state index contributed by atoms with van der Waals surface area (Å²) < 4.78 is 23.0. The normalized spacial score (nSPS) is 25.5. The average Bonchev–Trinajstić information content (AvgIpc) is 2.35. The van der Waals surface area contributed by atoms with Crippen molar-refractivity contribution < 1.29 is 23.5 Å². The topological polar surface area (TPSA) is 55.8 Å². The molecule has 0 aliphatic carbocycles. The maximum atomic E-state index is 13.0. The van der Waals surface area contributed by atoms with E-state index in [0.29, 0.717) is 18.4 Å². The minimum atomic E-state index is -1.17. The van der Waals surface area contributed by atoms with Crippen LogP contribution in [0.4, 0.5) is 9.18 Å². The molecule has 0 aromatic heterocycles. The molecule has 20 heavy (non-hydrogen) atoms. The molecule has 1 heterocycles. The van der Waals surface area contributed by atoms with Gasteiger partial charge in [-0.2, -0.15) is 0 Å². The second kappa shape index (κ2) is 5.81. The Hall–Kier alpha value is -1.59. The van der Waals surface area contributed by atoms with E-state index in [1.807, 2.05) is 0 Å². The van der Waals surface area contributed by atoms with Crippen LogP contribution in [0.2, 0.25) is 0 Å². The zero-order valence-corrected chi connectivity index (χ0v) is 12.7. The monoisotopic (exact) mass is 287 g/mol. The molecule has 0 aromatic carbocycles. The van der Waals surface area contributed by atoms with E-state index in [1.165, 1.54) is 12.0 Å². The van der Waals surface area contributed by atoms with Crippen molar-refractivity contribution in [3.63, 3.8) is 0 Å². The number of carbonyl (C=O) groups is 2. The van der Waals surface area contributed by atoms with Crippen LogP contribution in [0.1, 0.15) is 34.1 Å². The van der Waals surface area contributed by atoms with Crippen molar-refractivity contribution in [2.75, 3.05) is 20.2 Å². The van der Waals surface area contributed by atoms with Gasteiger partial charge in [-0.3, -0.25) is 4.79 Å². The summed E-state index contributed by atoms with van der Waals surface area (Å²) in [6, 6.07) is 0. The molecule has 0 saturated carbocycles. The van der Waals surface area contributed by atoms with Crippen molar-refractivity contribution in [2.45, 2.75) is 39.7 Å². The van der Waals surface area contributed by atoms with Crippen LogP contribution in [-0.4, -0.2) is 42.8 Å². The van der Waals surface area contributed by atoms with Gasteiger partial charge in [0.15, 0.2) is 0 Å². The number of amides is 1. The number of ether oxygens (including phenoxy) is 2. The van der Waals surface area contributed by atoms with Gasteiger partial charge in [-0.15, -0.1) is 0 Å². The summed E-state index contributed by atoms with van der Waals surface area (Å²) in [4.78, 5) is 25.4. The lowest BCUT2D eigenvalue weighted by Gasteiger charge is -2.40. The summed E-state index contributed by atoms with van der Waals surface area (Å²) in [5.41, 5.74) is -1.45. The molecule has 0 radical (unpaired) electrons. The number of halogens is 1. The number of rotatable bonds is 1. The molecule has 0 aromatic rings. The highest BCUT2D eigenvalue weighted by Crippen LogP contribution is 2.36. The van der Waals surface area contributed by atoms with Crippen LogP contribution in [0.3, 0.4) is 0 Å². The van der Waals surface area contributed by atoms with E-state index in [2.05, 4.69) is 0 Å². The number of esters is 1. The minimum absolute atomic E-state index is 0.0460. The Labute approximate surface area is 118 Å². The first-order valence-corrected chi connectivity index (χ1v) is 6.50. The summed E-state index contributed by atoms with van der Waals surface area (Å²) >= 11 is 0. The van der Waals surface area contributed by atoms with Gasteiger partial charge in [0.05, 0.1) is 13.4 Å². The molecule has 5 nitrogen and oxygen atoms in total. The summed E-state index contributed by atoms with van der Waals surface area (Å²) in [5, 5.41) is 0. The Morgan fingerprint density at radius 2 is 2.00 bits per heavy atom. The van der Waals surface area contributed by atoms with E-state index >= 15 is 0 Å². The molecule has 1 aliphatic heterocycles. The predicted molar refractivity (Wildman–Crippen MR) is 71.7 cm³/mol. The molecular formula is C14H22FNO4. The zero-order valence-electron chi connectivity index (χ0n) is 12.7. The van der Waals surface area contributed by atoms with E-state index in [-0.39, 0.29) is 13.0 Å². The second-order valence-corrected chi connectivity index (χ2v) is 6.11. The van der Waals surface area contributed by atoms with E-state index in [9.17, 15) is 14.0 Å². The lowest BCUT2D eigenvalue weighted by atomic mass is 9.78. The van der Waals surface area contributed by atoms with Gasteiger partial charge in [-0.25, -0.2) is 9.18 Å². The van der Waals surface area contributed by atoms with Crippen molar-refractivity contribution >= 4 is 12.1 Å². The van der Waals surface area contributed by atoms with E-state index in [1.54, 1.807) is 27.7 Å². The highest BCUT2D eigenvalue weighted by atomic mass is 19.1. The Morgan fingerprint density at radius 3 is 2.45 bits per heavy atom. The number of nitrogens with zero attached hydrogens (tertiary/aromatic N) is 1. The Morgan fingerprint density at radius 1 is 1.40 bits per heavy atom. The fourth-order valence-corrected chi connectivity index (χ4v) is 2.17. The molecule has 1 atom stereocenters. The fraction of sp³-hybridized carbons (Fsp3) is 0.714. The van der Waals surface area contributed by atoms with Crippen molar-refractivity contribution in [3.05, 3.63) is 11.9 Å². The fourth-order valence-electron chi connectivity index (χ4n) is 2.17. The Kier molecular flexibility index (Phi) is 4.78. The summed E-state index contributed by atoms with van der Waals surface area (Å²) in [6.07, 6.45) is 0.204. The maximum Gasteiger partial charge on any atom is 0.410 e. The maximum absolute atomic E-state index is 13.0. The molecule has 1 fully saturated rings. The lowest BCUT2D eigenvalue weighted by Crippen LogP contribution is -2.51. The largest absolute Gasteiger partial charge is 0.468 e. The smallest absolute Gasteiger partial charge is 0.410 e. The van der Waals surface area contributed by atoms with Crippen LogP contribution in [0.5, 0.6) is 0 Å². The number of hydrogen-bond acceptors (Lipinski definition) is 4. The van der Waals surface area contributed by atoms with Gasteiger partial charge in [-0.05, 0) is 39.7 Å². The number of likely N-dealkylation sites (tertiary alicyclic amines) is 1. The van der Waals surface area contributed by atoms with Gasteiger partial charge in [0.2, 0.25) is 0 Å². The molecule has 0 bridgehead atoms. The molecule has 114 valence electrons. The van der Waals surface area contributed by atoms with Crippen LogP contribution in [0.25, 0.3) is 0 Å². The van der Waals surface area contributed by atoms with Gasteiger partial charge >= 0.3 is 12.1 Å². The number of piperidine rings is 1. The van der Waals surface area contributed by atoms with Crippen LogP contribution < -0.4 is 0 Å². The molecule has 0 N–H and O–H groups in total. The van der Waals surface area contributed by atoms with Crippen LogP contribution >= 0.6 is 0 Å². The third kappa shape index (κ3) is 3.49. The summed E-state index contributed by atoms with van der Waals surface area (Å²) in [6.45, 7) is 7.23. The lowest BCUT2D eigenvalue weighted by molar-refractivity contribution is -0.151. The number of hydrogen-bond donors (Lipinski definition) is 0. The third-order valence-electron chi connectivity index (χ3n) is 3.29. The molecule has 1 amide bonds. The van der Waals surface area contributed by atoms with Crippen molar-refractivity contribution in [2.24, 2.45) is 5.41 Å². The van der Waals surface area contributed by atoms with Crippen LogP contribution in [0, 0.1) is 5.41 Å². The van der Waals surface area contributed by atoms with Gasteiger partial charge in [0.25, 0.3) is 0 Å². The first kappa shape index (κ1) is 16.5. The van der Waals surface area contributed by atoms with Crippen molar-refractivity contribution in [3.8, 4) is 0 Å². The highest BCUT2D eigenvalue weighted by molar-refractivity contribution is 5.82. The molecule has 6 heteroatoms. The van der Waals surface area contributed by atoms with Gasteiger partial charge in [-0.1, -0.05) is 0 Å².